The average molecular weight is 312 g/mol. The fraction of sp³-hybridized carbons (Fsp3) is 0.154. The van der Waals surface area contributed by atoms with Crippen molar-refractivity contribution in [2.24, 2.45) is 0 Å². The van der Waals surface area contributed by atoms with Crippen molar-refractivity contribution in [3.05, 3.63) is 41.6 Å². The summed E-state index contributed by atoms with van der Waals surface area (Å²) in [5.41, 5.74) is -0.604. The van der Waals surface area contributed by atoms with E-state index in [1.807, 2.05) is 0 Å². The van der Waals surface area contributed by atoms with Gasteiger partial charge in [-0.1, -0.05) is 6.07 Å². The number of benzene rings is 1. The molecule has 1 heterocycles. The zero-order valence-electron chi connectivity index (χ0n) is 11.3. The van der Waals surface area contributed by atoms with Crippen LogP contribution in [0.5, 0.6) is 0 Å². The molecule has 9 heteroatoms. The minimum Gasteiger partial charge on any atom is -0.478 e. The zero-order chi connectivity index (χ0) is 16.3. The van der Waals surface area contributed by atoms with Crippen LogP contribution in [-0.2, 0) is 6.18 Å². The predicted molar refractivity (Wildman–Crippen MR) is 73.3 cm³/mol. The summed E-state index contributed by atoms with van der Waals surface area (Å²) in [7, 11) is 1.31. The van der Waals surface area contributed by atoms with E-state index in [2.05, 4.69) is 20.6 Å². The molecule has 0 saturated carbocycles. The highest BCUT2D eigenvalue weighted by atomic mass is 19.4. The highest BCUT2D eigenvalue weighted by molar-refractivity contribution is 5.89. The fourth-order valence-corrected chi connectivity index (χ4v) is 1.70. The molecule has 0 aliphatic rings. The van der Waals surface area contributed by atoms with Crippen LogP contribution in [0, 0.1) is 0 Å². The van der Waals surface area contributed by atoms with Crippen LogP contribution in [0.25, 0.3) is 0 Å². The van der Waals surface area contributed by atoms with Gasteiger partial charge in [0.15, 0.2) is 0 Å². The lowest BCUT2D eigenvalue weighted by Crippen LogP contribution is -2.12. The van der Waals surface area contributed by atoms with Crippen molar-refractivity contribution in [1.82, 2.24) is 9.97 Å². The molecule has 0 aliphatic heterocycles. The second-order valence-electron chi connectivity index (χ2n) is 4.21. The minimum absolute atomic E-state index is 0.0331. The van der Waals surface area contributed by atoms with Crippen LogP contribution in [0.1, 0.15) is 15.9 Å². The van der Waals surface area contributed by atoms with Gasteiger partial charge in [0.05, 0.1) is 5.56 Å². The van der Waals surface area contributed by atoms with E-state index in [0.29, 0.717) is 11.9 Å². The quantitative estimate of drug-likeness (QED) is 0.804. The third-order valence-corrected chi connectivity index (χ3v) is 2.70. The number of nitrogens with one attached hydrogen (secondary N) is 2. The van der Waals surface area contributed by atoms with E-state index >= 15 is 0 Å². The normalized spacial score (nSPS) is 11.1. The van der Waals surface area contributed by atoms with Gasteiger partial charge in [-0.2, -0.15) is 18.2 Å². The highest BCUT2D eigenvalue weighted by Gasteiger charge is 2.35. The molecule has 22 heavy (non-hydrogen) atoms. The summed E-state index contributed by atoms with van der Waals surface area (Å²) >= 11 is 0. The highest BCUT2D eigenvalue weighted by Crippen LogP contribution is 2.33. The zero-order valence-corrected chi connectivity index (χ0v) is 11.3. The van der Waals surface area contributed by atoms with Crippen LogP contribution in [0.3, 0.4) is 0 Å². The van der Waals surface area contributed by atoms with Gasteiger partial charge < -0.3 is 15.7 Å². The van der Waals surface area contributed by atoms with Crippen molar-refractivity contribution in [2.75, 3.05) is 17.7 Å². The van der Waals surface area contributed by atoms with Crippen molar-refractivity contribution >= 4 is 23.4 Å². The lowest BCUT2D eigenvalue weighted by atomic mass is 10.2. The molecule has 2 aromatic rings. The van der Waals surface area contributed by atoms with Gasteiger partial charge in [-0.25, -0.2) is 9.78 Å². The second-order valence-corrected chi connectivity index (χ2v) is 4.21. The number of alkyl halides is 3. The van der Waals surface area contributed by atoms with Gasteiger partial charge in [0, 0.05) is 18.9 Å². The number of aromatic carboxylic acids is 1. The number of carbonyl (C=O) groups is 1. The SMILES string of the molecule is CNc1nc(Nc2cccc(C(=O)O)c2)ncc1C(F)(F)F. The lowest BCUT2D eigenvalue weighted by molar-refractivity contribution is -0.137. The van der Waals surface area contributed by atoms with Crippen LogP contribution in [0.2, 0.25) is 0 Å². The van der Waals surface area contributed by atoms with E-state index in [1.165, 1.54) is 25.2 Å². The number of anilines is 3. The van der Waals surface area contributed by atoms with Crippen molar-refractivity contribution in [3.63, 3.8) is 0 Å². The minimum atomic E-state index is -4.57. The molecule has 0 spiro atoms. The number of carboxylic acid groups (broad SMARTS) is 1. The van der Waals surface area contributed by atoms with Gasteiger partial charge in [-0.05, 0) is 18.2 Å². The Hall–Kier alpha value is -2.84. The summed E-state index contributed by atoms with van der Waals surface area (Å²) in [5, 5.41) is 13.9. The first-order valence-corrected chi connectivity index (χ1v) is 6.03. The number of aromatic nitrogens is 2. The van der Waals surface area contributed by atoms with Crippen molar-refractivity contribution in [3.8, 4) is 0 Å². The van der Waals surface area contributed by atoms with Gasteiger partial charge >= 0.3 is 12.1 Å². The van der Waals surface area contributed by atoms with Crippen molar-refractivity contribution in [1.29, 1.82) is 0 Å². The Bertz CT molecular complexity index is 704. The molecular weight excluding hydrogens is 301 g/mol. The number of nitrogens with zero attached hydrogens (tertiary/aromatic N) is 2. The van der Waals surface area contributed by atoms with Crippen LogP contribution in [-0.4, -0.2) is 28.1 Å². The van der Waals surface area contributed by atoms with E-state index in [4.69, 9.17) is 5.11 Å². The Labute approximate surface area is 123 Å². The summed E-state index contributed by atoms with van der Waals surface area (Å²) in [6, 6.07) is 5.75. The molecule has 1 aromatic carbocycles. The molecule has 0 fully saturated rings. The maximum absolute atomic E-state index is 12.7. The molecule has 116 valence electrons. The smallest absolute Gasteiger partial charge is 0.421 e. The molecule has 0 atom stereocenters. The molecule has 2 rings (SSSR count). The molecule has 0 bridgehead atoms. The van der Waals surface area contributed by atoms with Crippen molar-refractivity contribution in [2.45, 2.75) is 6.18 Å². The second kappa shape index (κ2) is 5.88. The van der Waals surface area contributed by atoms with E-state index < -0.39 is 17.7 Å². The summed E-state index contributed by atoms with van der Waals surface area (Å²) in [5.74, 6) is -1.58. The number of rotatable bonds is 4. The first-order chi connectivity index (χ1) is 10.3. The van der Waals surface area contributed by atoms with Gasteiger partial charge in [0.2, 0.25) is 5.95 Å². The number of hydrogen-bond acceptors (Lipinski definition) is 5. The molecule has 0 aliphatic carbocycles. The third kappa shape index (κ3) is 3.43. The van der Waals surface area contributed by atoms with Crippen LogP contribution in [0.4, 0.5) is 30.6 Å². The Morgan fingerprint density at radius 2 is 2.05 bits per heavy atom. The van der Waals surface area contributed by atoms with Gasteiger partial charge in [-0.15, -0.1) is 0 Å². The topological polar surface area (TPSA) is 87.1 Å². The molecule has 3 N–H and O–H groups in total. The van der Waals surface area contributed by atoms with Crippen molar-refractivity contribution < 1.29 is 23.1 Å². The maximum atomic E-state index is 12.7. The Kier molecular flexibility index (Phi) is 4.15. The van der Waals surface area contributed by atoms with Crippen LogP contribution >= 0.6 is 0 Å². The molecule has 0 amide bonds. The van der Waals surface area contributed by atoms with Gasteiger partial charge in [0.1, 0.15) is 11.4 Å². The molecule has 0 radical (unpaired) electrons. The van der Waals surface area contributed by atoms with E-state index in [0.717, 1.165) is 0 Å². The largest absolute Gasteiger partial charge is 0.478 e. The number of carboxylic acids is 1. The molecule has 1 aromatic heterocycles. The number of halogens is 3. The predicted octanol–water partition coefficient (Wildman–Crippen LogP) is 2.98. The monoisotopic (exact) mass is 312 g/mol. The van der Waals surface area contributed by atoms with Gasteiger partial charge in [0.25, 0.3) is 0 Å². The maximum Gasteiger partial charge on any atom is 0.421 e. The first-order valence-electron chi connectivity index (χ1n) is 6.03. The lowest BCUT2D eigenvalue weighted by Gasteiger charge is -2.13. The van der Waals surface area contributed by atoms with E-state index in [9.17, 15) is 18.0 Å². The number of hydrogen-bond donors (Lipinski definition) is 3. The average Bonchev–Trinajstić information content (AvgIpc) is 2.46. The summed E-state index contributed by atoms with van der Waals surface area (Å²) in [4.78, 5) is 18.2. The van der Waals surface area contributed by atoms with E-state index in [1.54, 1.807) is 6.07 Å². The Balaban J connectivity index is 2.31. The Morgan fingerprint density at radius 3 is 2.64 bits per heavy atom. The molecule has 0 saturated heterocycles. The summed E-state index contributed by atoms with van der Waals surface area (Å²) < 4.78 is 38.2. The van der Waals surface area contributed by atoms with E-state index in [-0.39, 0.29) is 17.3 Å². The summed E-state index contributed by atoms with van der Waals surface area (Å²) in [6.45, 7) is 0. The van der Waals surface area contributed by atoms with Gasteiger partial charge in [-0.3, -0.25) is 0 Å². The standard InChI is InChI=1S/C13H11F3N4O2/c1-17-10-9(13(14,15)16)6-18-12(20-10)19-8-4-2-3-7(5-8)11(21)22/h2-6H,1H3,(H,21,22)(H2,17,18,19,20). The molecule has 6 nitrogen and oxygen atoms in total. The van der Waals surface area contributed by atoms with Crippen LogP contribution in [0.15, 0.2) is 30.5 Å². The first kappa shape index (κ1) is 15.5. The molecule has 0 unspecified atom stereocenters. The third-order valence-electron chi connectivity index (χ3n) is 2.70. The fourth-order valence-electron chi connectivity index (χ4n) is 1.70. The van der Waals surface area contributed by atoms with Crippen LogP contribution < -0.4 is 10.6 Å². The summed E-state index contributed by atoms with van der Waals surface area (Å²) in [6.07, 6.45) is -3.91. The molecular formula is C13H11F3N4O2. The Morgan fingerprint density at radius 1 is 1.32 bits per heavy atom.